The molecule has 0 spiro atoms. The van der Waals surface area contributed by atoms with Crippen LogP contribution < -0.4 is 10.1 Å². The summed E-state index contributed by atoms with van der Waals surface area (Å²) in [6.45, 7) is 1.69. The molecule has 1 saturated heterocycles. The van der Waals surface area contributed by atoms with Crippen molar-refractivity contribution >= 4 is 28.4 Å². The summed E-state index contributed by atoms with van der Waals surface area (Å²) in [4.78, 5) is 33.0. The van der Waals surface area contributed by atoms with Crippen LogP contribution in [-0.2, 0) is 0 Å². The summed E-state index contributed by atoms with van der Waals surface area (Å²) in [6.07, 6.45) is -1.55. The third-order valence-electron chi connectivity index (χ3n) is 5.95. The maximum Gasteiger partial charge on any atom is 0.422 e. The van der Waals surface area contributed by atoms with Gasteiger partial charge in [0.15, 0.2) is 6.61 Å². The van der Waals surface area contributed by atoms with Crippen molar-refractivity contribution in [2.75, 3.05) is 45.2 Å². The number of benzene rings is 1. The Balaban J connectivity index is 1.31. The molecule has 1 aliphatic rings. The quantitative estimate of drug-likeness (QED) is 0.402. The van der Waals surface area contributed by atoms with Gasteiger partial charge in [-0.05, 0) is 43.4 Å². The molecule has 0 atom stereocenters. The summed E-state index contributed by atoms with van der Waals surface area (Å²) in [5, 5.41) is 3.98. The fourth-order valence-electron chi connectivity index (χ4n) is 4.00. The first-order valence-electron chi connectivity index (χ1n) is 11.6. The number of rotatable bonds is 6. The number of H-pyrrole nitrogens is 1. The fraction of sp³-hybridized carbons (Fsp3) is 0.280. The van der Waals surface area contributed by atoms with E-state index in [-0.39, 0.29) is 17.6 Å². The number of carbonyl (C=O) groups excluding carboxylic acids is 1. The second kappa shape index (κ2) is 10.1. The SMILES string of the molecule is CN1CCN(C(=O)c2cc3cc(Nc4nccc(-c5cc(OCC(F)(F)F)ccn5)n4)ccc3[nH]2)CC1. The molecule has 192 valence electrons. The van der Waals surface area contributed by atoms with Gasteiger partial charge >= 0.3 is 6.18 Å². The Labute approximate surface area is 210 Å². The minimum Gasteiger partial charge on any atom is -0.484 e. The lowest BCUT2D eigenvalue weighted by Crippen LogP contribution is -2.47. The average Bonchev–Trinajstić information content (AvgIpc) is 3.31. The van der Waals surface area contributed by atoms with E-state index >= 15 is 0 Å². The molecule has 1 amide bonds. The Morgan fingerprint density at radius 3 is 2.59 bits per heavy atom. The number of hydrogen-bond donors (Lipinski definition) is 2. The van der Waals surface area contributed by atoms with Crippen LogP contribution >= 0.6 is 0 Å². The highest BCUT2D eigenvalue weighted by molar-refractivity contribution is 5.98. The zero-order valence-corrected chi connectivity index (χ0v) is 19.9. The van der Waals surface area contributed by atoms with Crippen molar-refractivity contribution in [2.45, 2.75) is 6.18 Å². The van der Waals surface area contributed by atoms with Crippen molar-refractivity contribution in [1.82, 2.24) is 29.7 Å². The molecule has 2 N–H and O–H groups in total. The minimum atomic E-state index is -4.44. The summed E-state index contributed by atoms with van der Waals surface area (Å²) in [5.74, 6) is 0.295. The number of hydrogen-bond acceptors (Lipinski definition) is 7. The lowest BCUT2D eigenvalue weighted by molar-refractivity contribution is -0.153. The molecule has 37 heavy (non-hydrogen) atoms. The molecule has 0 unspecified atom stereocenters. The van der Waals surface area contributed by atoms with Crippen LogP contribution in [0.5, 0.6) is 5.75 Å². The predicted octanol–water partition coefficient (Wildman–Crippen LogP) is 4.09. The van der Waals surface area contributed by atoms with Gasteiger partial charge in [-0.2, -0.15) is 13.2 Å². The van der Waals surface area contributed by atoms with Crippen LogP contribution in [0.1, 0.15) is 10.5 Å². The minimum absolute atomic E-state index is 0.0243. The summed E-state index contributed by atoms with van der Waals surface area (Å²) in [5.41, 5.74) is 2.83. The summed E-state index contributed by atoms with van der Waals surface area (Å²) >= 11 is 0. The van der Waals surface area contributed by atoms with Crippen molar-refractivity contribution in [2.24, 2.45) is 0 Å². The number of likely N-dealkylation sites (N-methyl/N-ethyl adjacent to an activating group) is 1. The molecule has 1 fully saturated rings. The van der Waals surface area contributed by atoms with Crippen molar-refractivity contribution < 1.29 is 22.7 Å². The number of anilines is 2. The largest absolute Gasteiger partial charge is 0.484 e. The molecule has 0 bridgehead atoms. The van der Waals surface area contributed by atoms with Crippen LogP contribution in [0.2, 0.25) is 0 Å². The Morgan fingerprint density at radius 2 is 1.81 bits per heavy atom. The number of fused-ring (bicyclic) bond motifs is 1. The number of nitrogens with one attached hydrogen (secondary N) is 2. The molecule has 3 aromatic heterocycles. The van der Waals surface area contributed by atoms with Gasteiger partial charge < -0.3 is 24.8 Å². The highest BCUT2D eigenvalue weighted by atomic mass is 19.4. The molecule has 0 saturated carbocycles. The predicted molar refractivity (Wildman–Crippen MR) is 132 cm³/mol. The van der Waals surface area contributed by atoms with Crippen molar-refractivity contribution in [3.8, 4) is 17.1 Å². The number of nitrogens with zero attached hydrogens (tertiary/aromatic N) is 5. The van der Waals surface area contributed by atoms with E-state index in [1.807, 2.05) is 36.2 Å². The van der Waals surface area contributed by atoms with E-state index in [1.54, 1.807) is 6.07 Å². The number of pyridine rings is 1. The number of aromatic amines is 1. The van der Waals surface area contributed by atoms with Crippen LogP contribution in [0.15, 0.2) is 54.9 Å². The van der Waals surface area contributed by atoms with E-state index in [4.69, 9.17) is 4.74 Å². The zero-order chi connectivity index (χ0) is 26.0. The first kappa shape index (κ1) is 24.5. The highest BCUT2D eigenvalue weighted by Crippen LogP contribution is 2.25. The van der Waals surface area contributed by atoms with E-state index in [0.29, 0.717) is 35.9 Å². The normalized spacial score (nSPS) is 14.6. The Kier molecular flexibility index (Phi) is 6.66. The maximum atomic E-state index is 12.9. The molecular formula is C25H24F3N7O2. The maximum absolute atomic E-state index is 12.9. The van der Waals surface area contributed by atoms with E-state index in [2.05, 4.69) is 30.2 Å². The van der Waals surface area contributed by atoms with Crippen molar-refractivity contribution in [3.05, 3.63) is 60.6 Å². The third kappa shape index (κ3) is 5.97. The number of piperazine rings is 1. The van der Waals surface area contributed by atoms with Crippen LogP contribution in [0, 0.1) is 0 Å². The summed E-state index contributed by atoms with van der Waals surface area (Å²) in [6, 6.07) is 11.8. The molecule has 5 rings (SSSR count). The number of carbonyl (C=O) groups is 1. The standard InChI is InChI=1S/C25H24F3N7O2/c1-34-8-10-35(11-9-34)23(36)22-13-16-12-17(2-3-19(16)32-22)31-24-30-7-5-20(33-24)21-14-18(4-6-29-21)37-15-25(26,27)28/h2-7,12-14,32H,8-11,15H2,1H3,(H,30,31,33). The monoisotopic (exact) mass is 511 g/mol. The van der Waals surface area contributed by atoms with Crippen LogP contribution in [0.4, 0.5) is 24.8 Å². The van der Waals surface area contributed by atoms with Crippen LogP contribution in [-0.4, -0.2) is 81.7 Å². The fourth-order valence-corrected chi connectivity index (χ4v) is 4.00. The van der Waals surface area contributed by atoms with E-state index < -0.39 is 12.8 Å². The van der Waals surface area contributed by atoms with Gasteiger partial charge in [0.2, 0.25) is 5.95 Å². The van der Waals surface area contributed by atoms with E-state index in [9.17, 15) is 18.0 Å². The van der Waals surface area contributed by atoms with Gasteiger partial charge in [0.1, 0.15) is 11.4 Å². The molecule has 4 heterocycles. The van der Waals surface area contributed by atoms with Gasteiger partial charge in [-0.1, -0.05) is 0 Å². The van der Waals surface area contributed by atoms with Crippen molar-refractivity contribution in [3.63, 3.8) is 0 Å². The third-order valence-corrected chi connectivity index (χ3v) is 5.95. The second-order valence-electron chi connectivity index (χ2n) is 8.75. The lowest BCUT2D eigenvalue weighted by Gasteiger charge is -2.32. The summed E-state index contributed by atoms with van der Waals surface area (Å²) < 4.78 is 42.2. The number of halogens is 3. The molecule has 1 aliphatic heterocycles. The first-order chi connectivity index (χ1) is 17.7. The molecule has 0 radical (unpaired) electrons. The number of amides is 1. The Hall–Kier alpha value is -4.19. The van der Waals surface area contributed by atoms with Gasteiger partial charge in [0.25, 0.3) is 5.91 Å². The first-order valence-corrected chi connectivity index (χ1v) is 11.6. The molecule has 9 nitrogen and oxygen atoms in total. The Morgan fingerprint density at radius 1 is 1.03 bits per heavy atom. The number of alkyl halides is 3. The van der Waals surface area contributed by atoms with Gasteiger partial charge in [-0.15, -0.1) is 0 Å². The molecular weight excluding hydrogens is 487 g/mol. The second-order valence-corrected chi connectivity index (χ2v) is 8.75. The lowest BCUT2D eigenvalue weighted by atomic mass is 10.2. The smallest absolute Gasteiger partial charge is 0.422 e. The zero-order valence-electron chi connectivity index (χ0n) is 19.9. The van der Waals surface area contributed by atoms with Crippen molar-refractivity contribution in [1.29, 1.82) is 0 Å². The van der Waals surface area contributed by atoms with Gasteiger partial charge in [-0.3, -0.25) is 9.78 Å². The highest BCUT2D eigenvalue weighted by Gasteiger charge is 2.28. The van der Waals surface area contributed by atoms with Gasteiger partial charge in [-0.25, -0.2) is 9.97 Å². The van der Waals surface area contributed by atoms with Crippen LogP contribution in [0.3, 0.4) is 0 Å². The molecule has 1 aromatic carbocycles. The van der Waals surface area contributed by atoms with Gasteiger partial charge in [0.05, 0.1) is 11.4 Å². The van der Waals surface area contributed by atoms with E-state index in [1.165, 1.54) is 24.5 Å². The van der Waals surface area contributed by atoms with Gasteiger partial charge in [0, 0.05) is 61.2 Å². The topological polar surface area (TPSA) is 99.3 Å². The number of aromatic nitrogens is 4. The van der Waals surface area contributed by atoms with Crippen LogP contribution in [0.25, 0.3) is 22.3 Å². The molecule has 12 heteroatoms. The Bertz CT molecular complexity index is 1410. The van der Waals surface area contributed by atoms with E-state index in [0.717, 1.165) is 24.0 Å². The number of ether oxygens (including phenoxy) is 1. The summed E-state index contributed by atoms with van der Waals surface area (Å²) in [7, 11) is 2.04. The molecule has 0 aliphatic carbocycles. The average molecular weight is 512 g/mol. The molecule has 4 aromatic rings.